The van der Waals surface area contributed by atoms with Gasteiger partial charge in [0.1, 0.15) is 0 Å². The Hall–Kier alpha value is -1.40. The molecule has 0 heterocycles. The Morgan fingerprint density at radius 2 is 0.653 bits per heavy atom. The number of amides is 1. The van der Waals surface area contributed by atoms with Crippen molar-refractivity contribution in [2.75, 3.05) is 13.2 Å². The van der Waals surface area contributed by atoms with Crippen molar-refractivity contribution in [2.24, 2.45) is 0 Å². The fourth-order valence-corrected chi connectivity index (χ4v) is 10.5. The van der Waals surface area contributed by atoms with E-state index in [1.165, 1.54) is 302 Å². The zero-order chi connectivity index (χ0) is 52.2. The maximum atomic E-state index is 12.4. The van der Waals surface area contributed by atoms with Gasteiger partial charge in [-0.05, 0) is 51.4 Å². The highest BCUT2D eigenvalue weighted by Gasteiger charge is 2.20. The minimum Gasteiger partial charge on any atom is -0.466 e. The van der Waals surface area contributed by atoms with Crippen LogP contribution in [0.5, 0.6) is 0 Å². The van der Waals surface area contributed by atoms with E-state index in [2.05, 4.69) is 31.3 Å². The number of esters is 1. The molecule has 0 aliphatic rings. The summed E-state index contributed by atoms with van der Waals surface area (Å²) in [7, 11) is 0. The van der Waals surface area contributed by atoms with Crippen LogP contribution in [-0.2, 0) is 14.3 Å². The van der Waals surface area contributed by atoms with Crippen molar-refractivity contribution in [1.82, 2.24) is 5.32 Å². The van der Waals surface area contributed by atoms with Crippen molar-refractivity contribution in [3.8, 4) is 0 Å². The van der Waals surface area contributed by atoms with Crippen LogP contribution in [0.15, 0.2) is 12.2 Å². The van der Waals surface area contributed by atoms with E-state index < -0.39 is 12.1 Å². The summed E-state index contributed by atoms with van der Waals surface area (Å²) < 4.78 is 5.50. The number of aliphatic hydroxyl groups excluding tert-OH is 2. The fourth-order valence-electron chi connectivity index (χ4n) is 10.5. The van der Waals surface area contributed by atoms with E-state index in [1.807, 2.05) is 0 Å². The molecule has 0 radical (unpaired) electrons. The van der Waals surface area contributed by atoms with E-state index in [-0.39, 0.29) is 18.5 Å². The van der Waals surface area contributed by atoms with Crippen LogP contribution in [0.1, 0.15) is 373 Å². The Bertz CT molecular complexity index is 1080. The summed E-state index contributed by atoms with van der Waals surface area (Å²) in [6.07, 6.45) is 75.5. The molecule has 0 aliphatic carbocycles. The summed E-state index contributed by atoms with van der Waals surface area (Å²) in [5.74, 6) is -0.0138. The normalized spacial score (nSPS) is 12.6. The first kappa shape index (κ1) is 70.6. The molecule has 2 unspecified atom stereocenters. The van der Waals surface area contributed by atoms with Crippen LogP contribution < -0.4 is 5.32 Å². The van der Waals surface area contributed by atoms with Gasteiger partial charge in [0.15, 0.2) is 0 Å². The Morgan fingerprint density at radius 1 is 0.375 bits per heavy atom. The average molecular weight is 1020 g/mol. The summed E-state index contributed by atoms with van der Waals surface area (Å²) in [5, 5.41) is 23.1. The molecule has 0 aromatic heterocycles. The Kier molecular flexibility index (Phi) is 60.9. The summed E-state index contributed by atoms with van der Waals surface area (Å²) in [4.78, 5) is 24.5. The van der Waals surface area contributed by atoms with E-state index in [0.29, 0.717) is 25.9 Å². The van der Waals surface area contributed by atoms with Crippen molar-refractivity contribution in [3.05, 3.63) is 12.2 Å². The van der Waals surface area contributed by atoms with Crippen LogP contribution in [0.2, 0.25) is 0 Å². The molecule has 2 atom stereocenters. The van der Waals surface area contributed by atoms with Crippen LogP contribution in [0.3, 0.4) is 0 Å². The lowest BCUT2D eigenvalue weighted by molar-refractivity contribution is -0.143. The van der Waals surface area contributed by atoms with Gasteiger partial charge in [0.05, 0.1) is 25.4 Å². The Balaban J connectivity index is 3.32. The minimum atomic E-state index is -0.660. The van der Waals surface area contributed by atoms with Gasteiger partial charge < -0.3 is 20.3 Å². The quantitative estimate of drug-likeness (QED) is 0.0320. The van der Waals surface area contributed by atoms with Gasteiger partial charge >= 0.3 is 5.97 Å². The Morgan fingerprint density at radius 3 is 0.986 bits per heavy atom. The lowest BCUT2D eigenvalue weighted by atomic mass is 10.0. The topological polar surface area (TPSA) is 95.9 Å². The number of rotatable bonds is 62. The van der Waals surface area contributed by atoms with Crippen molar-refractivity contribution < 1.29 is 24.5 Å². The van der Waals surface area contributed by atoms with Crippen LogP contribution in [0.25, 0.3) is 0 Å². The highest BCUT2D eigenvalue weighted by molar-refractivity contribution is 5.76. The third-order valence-electron chi connectivity index (χ3n) is 15.6. The molecule has 428 valence electrons. The summed E-state index contributed by atoms with van der Waals surface area (Å²) in [5.41, 5.74) is 0. The monoisotopic (exact) mass is 1020 g/mol. The molecule has 0 aliphatic heterocycles. The maximum Gasteiger partial charge on any atom is 0.305 e. The van der Waals surface area contributed by atoms with Crippen molar-refractivity contribution in [2.45, 2.75) is 386 Å². The summed E-state index contributed by atoms with van der Waals surface area (Å²) in [6.45, 7) is 4.96. The van der Waals surface area contributed by atoms with Crippen molar-refractivity contribution in [1.29, 1.82) is 0 Å². The second-order valence-electron chi connectivity index (χ2n) is 22.8. The zero-order valence-corrected chi connectivity index (χ0v) is 48.9. The van der Waals surface area contributed by atoms with Crippen LogP contribution in [-0.4, -0.2) is 47.4 Å². The number of unbranched alkanes of at least 4 members (excludes halogenated alkanes) is 49. The van der Waals surface area contributed by atoms with Crippen molar-refractivity contribution >= 4 is 11.9 Å². The number of carbonyl (C=O) groups excluding carboxylic acids is 2. The number of nitrogens with one attached hydrogen (secondary N) is 1. The predicted molar refractivity (Wildman–Crippen MR) is 315 cm³/mol. The molecule has 6 heteroatoms. The third-order valence-corrected chi connectivity index (χ3v) is 15.6. The van der Waals surface area contributed by atoms with E-state index in [9.17, 15) is 19.8 Å². The number of ether oxygens (including phenoxy) is 1. The highest BCUT2D eigenvalue weighted by atomic mass is 16.5. The average Bonchev–Trinajstić information content (AvgIpc) is 3.38. The second-order valence-corrected chi connectivity index (χ2v) is 22.8. The van der Waals surface area contributed by atoms with Gasteiger partial charge in [0.25, 0.3) is 0 Å². The van der Waals surface area contributed by atoms with Gasteiger partial charge in [-0.15, -0.1) is 0 Å². The molecule has 6 nitrogen and oxygen atoms in total. The number of aliphatic hydroxyl groups is 2. The van der Waals surface area contributed by atoms with Gasteiger partial charge in [0, 0.05) is 12.8 Å². The van der Waals surface area contributed by atoms with E-state index in [1.54, 1.807) is 0 Å². The number of carbonyl (C=O) groups is 2. The molecule has 0 fully saturated rings. The van der Waals surface area contributed by atoms with Gasteiger partial charge in [-0.2, -0.15) is 0 Å². The summed E-state index contributed by atoms with van der Waals surface area (Å²) in [6, 6.07) is -0.538. The molecule has 0 saturated heterocycles. The van der Waals surface area contributed by atoms with Gasteiger partial charge in [-0.1, -0.05) is 321 Å². The van der Waals surface area contributed by atoms with E-state index in [0.717, 1.165) is 38.5 Å². The molecule has 0 spiro atoms. The second kappa shape index (κ2) is 62.1. The first-order valence-electron chi connectivity index (χ1n) is 32.9. The molecular weight excluding hydrogens is 887 g/mol. The first-order valence-corrected chi connectivity index (χ1v) is 32.9. The molecule has 0 rings (SSSR count). The smallest absolute Gasteiger partial charge is 0.305 e. The maximum absolute atomic E-state index is 12.4. The highest BCUT2D eigenvalue weighted by Crippen LogP contribution is 2.18. The van der Waals surface area contributed by atoms with Gasteiger partial charge in [-0.25, -0.2) is 0 Å². The zero-order valence-electron chi connectivity index (χ0n) is 48.9. The SMILES string of the molecule is CCCCCCCCCCCCCCCCCCCC(=O)OCCCCCCCCCCCCCC/C=C\CCCCCCCCCCCCCCCC(=O)NC(CO)C(O)CCCCCCCCCCC. The fraction of sp³-hybridized carbons (Fsp3) is 0.939. The van der Waals surface area contributed by atoms with Crippen LogP contribution in [0, 0.1) is 0 Å². The van der Waals surface area contributed by atoms with Crippen LogP contribution in [0.4, 0.5) is 0 Å². The van der Waals surface area contributed by atoms with E-state index >= 15 is 0 Å². The lowest BCUT2D eigenvalue weighted by Crippen LogP contribution is -2.45. The molecular formula is C66H129NO5. The minimum absolute atomic E-state index is 0.0211. The van der Waals surface area contributed by atoms with Gasteiger partial charge in [0.2, 0.25) is 5.91 Å². The first-order chi connectivity index (χ1) is 35.5. The predicted octanol–water partition coefficient (Wildman–Crippen LogP) is 20.8. The molecule has 1 amide bonds. The Labute approximate surface area is 450 Å². The molecule has 0 aromatic carbocycles. The molecule has 3 N–H and O–H groups in total. The lowest BCUT2D eigenvalue weighted by Gasteiger charge is -2.22. The molecule has 0 saturated carbocycles. The largest absolute Gasteiger partial charge is 0.466 e. The van der Waals surface area contributed by atoms with E-state index in [4.69, 9.17) is 4.74 Å². The molecule has 0 aromatic rings. The standard InChI is InChI=1S/C66H129NO5/c1-3-5-7-9-11-13-14-15-16-30-34-37-40-44-48-52-56-60-66(71)72-61-57-53-49-45-41-38-35-32-29-27-25-23-21-19-17-18-20-22-24-26-28-31-33-36-39-43-47-51-55-59-65(70)67-63(62-68)64(69)58-54-50-46-42-12-10-8-6-4-2/h17,19,63-64,68-69H,3-16,18,20-62H2,1-2H3,(H,67,70)/b19-17-. The number of allylic oxidation sites excluding steroid dienone is 2. The summed E-state index contributed by atoms with van der Waals surface area (Å²) >= 11 is 0. The number of hydrogen-bond acceptors (Lipinski definition) is 5. The van der Waals surface area contributed by atoms with Crippen LogP contribution >= 0.6 is 0 Å². The van der Waals surface area contributed by atoms with Crippen molar-refractivity contribution in [3.63, 3.8) is 0 Å². The number of hydrogen-bond donors (Lipinski definition) is 3. The molecule has 0 bridgehead atoms. The molecule has 72 heavy (non-hydrogen) atoms. The van der Waals surface area contributed by atoms with Gasteiger partial charge in [-0.3, -0.25) is 9.59 Å². The third kappa shape index (κ3) is 57.9.